The van der Waals surface area contributed by atoms with Crippen LogP contribution < -0.4 is 16.8 Å². The van der Waals surface area contributed by atoms with Crippen molar-refractivity contribution in [3.8, 4) is 0 Å². The van der Waals surface area contributed by atoms with Crippen molar-refractivity contribution in [1.29, 1.82) is 0 Å². The summed E-state index contributed by atoms with van der Waals surface area (Å²) in [5, 5.41) is 2.67. The zero-order valence-corrected chi connectivity index (χ0v) is 10.9. The van der Waals surface area contributed by atoms with Crippen molar-refractivity contribution >= 4 is 39.0 Å². The van der Waals surface area contributed by atoms with Gasteiger partial charge in [-0.15, -0.1) is 0 Å². The van der Waals surface area contributed by atoms with Crippen LogP contribution in [0.3, 0.4) is 0 Å². The quantitative estimate of drug-likeness (QED) is 0.742. The molecule has 2 aromatic rings. The summed E-state index contributed by atoms with van der Waals surface area (Å²) in [4.78, 5) is 16.1. The van der Waals surface area contributed by atoms with E-state index >= 15 is 0 Å². The van der Waals surface area contributed by atoms with Crippen LogP contribution >= 0.6 is 15.9 Å². The van der Waals surface area contributed by atoms with Gasteiger partial charge in [0.05, 0.1) is 10.0 Å². The third-order valence-corrected chi connectivity index (χ3v) is 2.95. The van der Waals surface area contributed by atoms with Crippen LogP contribution in [0.15, 0.2) is 41.0 Å². The summed E-state index contributed by atoms with van der Waals surface area (Å²) in [6.45, 7) is 0. The first kappa shape index (κ1) is 12.4. The lowest BCUT2D eigenvalue weighted by Crippen LogP contribution is -2.15. The van der Waals surface area contributed by atoms with Crippen LogP contribution in [0.2, 0.25) is 0 Å². The predicted octanol–water partition coefficient (Wildman–Crippen LogP) is 2.26. The standard InChI is InChI=1S/C12H11BrN4O/c13-9-2-1-5-16-11(9)17-12(18)8-4-3-7(14)6-10(8)15/h1-6H,14-15H2,(H,16,17,18). The van der Waals surface area contributed by atoms with E-state index in [2.05, 4.69) is 26.2 Å². The average molecular weight is 307 g/mol. The second-order valence-corrected chi connectivity index (χ2v) is 4.49. The number of nitrogens with two attached hydrogens (primary N) is 2. The smallest absolute Gasteiger partial charge is 0.258 e. The van der Waals surface area contributed by atoms with E-state index in [9.17, 15) is 4.79 Å². The molecule has 0 unspecified atom stereocenters. The fourth-order valence-corrected chi connectivity index (χ4v) is 1.79. The monoisotopic (exact) mass is 306 g/mol. The molecule has 0 saturated carbocycles. The molecule has 0 spiro atoms. The molecule has 1 aromatic heterocycles. The molecule has 0 bridgehead atoms. The van der Waals surface area contributed by atoms with E-state index in [1.807, 2.05) is 0 Å². The number of nitrogen functional groups attached to an aromatic ring is 2. The Bertz CT molecular complexity index is 600. The van der Waals surface area contributed by atoms with Crippen LogP contribution in [-0.4, -0.2) is 10.9 Å². The number of pyridine rings is 1. The van der Waals surface area contributed by atoms with Crippen molar-refractivity contribution in [2.75, 3.05) is 16.8 Å². The minimum absolute atomic E-state index is 0.327. The van der Waals surface area contributed by atoms with E-state index in [-0.39, 0.29) is 5.91 Å². The Hall–Kier alpha value is -2.08. The molecular weight excluding hydrogens is 296 g/mol. The molecule has 0 aliphatic rings. The zero-order valence-electron chi connectivity index (χ0n) is 9.35. The van der Waals surface area contributed by atoms with E-state index in [1.165, 1.54) is 0 Å². The number of carbonyl (C=O) groups excluding carboxylic acids is 1. The fourth-order valence-electron chi connectivity index (χ4n) is 1.44. The maximum atomic E-state index is 12.0. The van der Waals surface area contributed by atoms with Gasteiger partial charge in [-0.3, -0.25) is 4.79 Å². The van der Waals surface area contributed by atoms with Crippen LogP contribution in [0.5, 0.6) is 0 Å². The van der Waals surface area contributed by atoms with Crippen LogP contribution in [0, 0.1) is 0 Å². The number of anilines is 3. The Morgan fingerprint density at radius 3 is 2.72 bits per heavy atom. The third kappa shape index (κ3) is 2.60. The van der Waals surface area contributed by atoms with Gasteiger partial charge in [0.1, 0.15) is 5.82 Å². The lowest BCUT2D eigenvalue weighted by Gasteiger charge is -2.08. The number of halogens is 1. The number of aromatic nitrogens is 1. The summed E-state index contributed by atoms with van der Waals surface area (Å²) >= 11 is 3.30. The second kappa shape index (κ2) is 5.05. The summed E-state index contributed by atoms with van der Waals surface area (Å²) < 4.78 is 0.701. The molecule has 92 valence electrons. The zero-order chi connectivity index (χ0) is 13.1. The minimum Gasteiger partial charge on any atom is -0.399 e. The van der Waals surface area contributed by atoms with E-state index in [0.717, 1.165) is 0 Å². The number of hydrogen-bond acceptors (Lipinski definition) is 4. The molecule has 0 radical (unpaired) electrons. The maximum Gasteiger partial charge on any atom is 0.258 e. The summed E-state index contributed by atoms with van der Waals surface area (Å²) in [5.41, 5.74) is 12.5. The van der Waals surface area contributed by atoms with Crippen molar-refractivity contribution in [2.45, 2.75) is 0 Å². The number of nitrogens with one attached hydrogen (secondary N) is 1. The van der Waals surface area contributed by atoms with Gasteiger partial charge in [0.15, 0.2) is 0 Å². The molecule has 0 saturated heterocycles. The van der Waals surface area contributed by atoms with Crippen LogP contribution in [0.25, 0.3) is 0 Å². The molecule has 1 heterocycles. The van der Waals surface area contributed by atoms with Gasteiger partial charge < -0.3 is 16.8 Å². The normalized spacial score (nSPS) is 10.1. The Morgan fingerprint density at radius 1 is 1.28 bits per heavy atom. The highest BCUT2D eigenvalue weighted by molar-refractivity contribution is 9.10. The first-order valence-electron chi connectivity index (χ1n) is 5.15. The summed E-state index contributed by atoms with van der Waals surface area (Å²) in [6.07, 6.45) is 1.59. The number of nitrogens with zero attached hydrogens (tertiary/aromatic N) is 1. The van der Waals surface area contributed by atoms with Crippen LogP contribution in [-0.2, 0) is 0 Å². The molecule has 0 aliphatic heterocycles. The largest absolute Gasteiger partial charge is 0.399 e. The highest BCUT2D eigenvalue weighted by Gasteiger charge is 2.11. The molecule has 1 amide bonds. The van der Waals surface area contributed by atoms with Crippen molar-refractivity contribution in [3.05, 3.63) is 46.6 Å². The van der Waals surface area contributed by atoms with Gasteiger partial charge in [-0.2, -0.15) is 0 Å². The molecule has 5 nitrogen and oxygen atoms in total. The molecule has 18 heavy (non-hydrogen) atoms. The van der Waals surface area contributed by atoms with Crippen molar-refractivity contribution in [2.24, 2.45) is 0 Å². The Balaban J connectivity index is 2.25. The Labute approximate surface area is 112 Å². The summed E-state index contributed by atoms with van der Waals surface area (Å²) in [6, 6.07) is 8.30. The van der Waals surface area contributed by atoms with Gasteiger partial charge in [-0.05, 0) is 46.3 Å². The topological polar surface area (TPSA) is 94.0 Å². The van der Waals surface area contributed by atoms with Gasteiger partial charge in [0, 0.05) is 17.6 Å². The molecular formula is C12H11BrN4O. The maximum absolute atomic E-state index is 12.0. The first-order chi connectivity index (χ1) is 8.58. The first-order valence-corrected chi connectivity index (χ1v) is 5.94. The van der Waals surface area contributed by atoms with Crippen LogP contribution in [0.1, 0.15) is 10.4 Å². The van der Waals surface area contributed by atoms with E-state index in [1.54, 1.807) is 36.5 Å². The average Bonchev–Trinajstić information content (AvgIpc) is 2.32. The summed E-state index contributed by atoms with van der Waals surface area (Å²) in [5.74, 6) is 0.116. The fraction of sp³-hybridized carbons (Fsp3) is 0. The van der Waals surface area contributed by atoms with E-state index in [0.29, 0.717) is 27.2 Å². The molecule has 5 N–H and O–H groups in total. The van der Waals surface area contributed by atoms with E-state index in [4.69, 9.17) is 11.5 Å². The predicted molar refractivity (Wildman–Crippen MR) is 75.2 cm³/mol. The molecule has 0 aliphatic carbocycles. The third-order valence-electron chi connectivity index (χ3n) is 2.31. The second-order valence-electron chi connectivity index (χ2n) is 3.63. The van der Waals surface area contributed by atoms with Gasteiger partial charge in [-0.25, -0.2) is 4.98 Å². The van der Waals surface area contributed by atoms with Gasteiger partial charge >= 0.3 is 0 Å². The molecule has 0 atom stereocenters. The lowest BCUT2D eigenvalue weighted by atomic mass is 10.1. The highest BCUT2D eigenvalue weighted by atomic mass is 79.9. The SMILES string of the molecule is Nc1ccc(C(=O)Nc2ncccc2Br)c(N)c1. The minimum atomic E-state index is -0.327. The number of carbonyl (C=O) groups is 1. The van der Waals surface area contributed by atoms with Crippen molar-refractivity contribution in [1.82, 2.24) is 4.98 Å². The Kier molecular flexibility index (Phi) is 3.47. The van der Waals surface area contributed by atoms with E-state index < -0.39 is 0 Å². The Morgan fingerprint density at radius 2 is 2.06 bits per heavy atom. The number of amides is 1. The highest BCUT2D eigenvalue weighted by Crippen LogP contribution is 2.21. The van der Waals surface area contributed by atoms with Crippen LogP contribution in [0.4, 0.5) is 17.2 Å². The van der Waals surface area contributed by atoms with Gasteiger partial charge in [-0.1, -0.05) is 0 Å². The molecule has 0 fully saturated rings. The number of rotatable bonds is 2. The molecule has 6 heteroatoms. The summed E-state index contributed by atoms with van der Waals surface area (Å²) in [7, 11) is 0. The number of hydrogen-bond donors (Lipinski definition) is 3. The van der Waals surface area contributed by atoms with Crippen molar-refractivity contribution in [3.63, 3.8) is 0 Å². The van der Waals surface area contributed by atoms with Crippen molar-refractivity contribution < 1.29 is 4.79 Å². The lowest BCUT2D eigenvalue weighted by molar-refractivity contribution is 0.102. The molecule has 1 aromatic carbocycles. The van der Waals surface area contributed by atoms with Gasteiger partial charge in [0.25, 0.3) is 5.91 Å². The molecule has 2 rings (SSSR count). The number of benzene rings is 1. The van der Waals surface area contributed by atoms with Gasteiger partial charge in [0.2, 0.25) is 0 Å².